The van der Waals surface area contributed by atoms with Crippen LogP contribution in [0.15, 0.2) is 36.5 Å². The summed E-state index contributed by atoms with van der Waals surface area (Å²) in [6, 6.07) is 5.56. The molecule has 0 bridgehead atoms. The molecule has 1 aromatic carbocycles. The van der Waals surface area contributed by atoms with Crippen LogP contribution in [0, 0.1) is 20.2 Å². The van der Waals surface area contributed by atoms with Crippen LogP contribution in [0.1, 0.15) is 17.3 Å². The van der Waals surface area contributed by atoms with Crippen molar-refractivity contribution in [2.75, 3.05) is 18.2 Å². The molecule has 2 aromatic rings. The molecule has 1 aromatic heterocycles. The first kappa shape index (κ1) is 20.1. The molecule has 2 rings (SSSR count). The number of nitro groups is 2. The van der Waals surface area contributed by atoms with Crippen LogP contribution >= 0.6 is 0 Å². The van der Waals surface area contributed by atoms with Crippen LogP contribution in [0.25, 0.3) is 0 Å². The number of hydrogen-bond donors (Lipinski definition) is 2. The molecule has 0 fully saturated rings. The van der Waals surface area contributed by atoms with E-state index in [9.17, 15) is 30.1 Å². The highest BCUT2D eigenvalue weighted by molar-refractivity contribution is 5.93. The number of carbonyl (C=O) groups is 1. The number of ether oxygens (including phenoxy) is 1. The third kappa shape index (κ3) is 5.02. The lowest BCUT2D eigenvalue weighted by atomic mass is 10.2. The Morgan fingerprint density at radius 2 is 1.88 bits per heavy atom. The average Bonchev–Trinajstić information content (AvgIpc) is 2.58. The van der Waals surface area contributed by atoms with Crippen molar-refractivity contribution in [3.63, 3.8) is 0 Å². The summed E-state index contributed by atoms with van der Waals surface area (Å²) in [5, 5.41) is 31.1. The molecule has 0 amide bonds. The highest BCUT2D eigenvalue weighted by atomic mass is 16.6. The minimum atomic E-state index is -0.949. The van der Waals surface area contributed by atoms with Crippen molar-refractivity contribution >= 4 is 23.2 Å². The second-order valence-corrected chi connectivity index (χ2v) is 4.60. The van der Waals surface area contributed by atoms with Gasteiger partial charge in [0.25, 0.3) is 11.4 Å². The number of hydrogen-bond acceptors (Lipinski definition) is 9. The molecule has 0 aliphatic rings. The molecule has 0 spiro atoms. The van der Waals surface area contributed by atoms with Crippen LogP contribution in [0.3, 0.4) is 0 Å². The van der Waals surface area contributed by atoms with Crippen LogP contribution in [0.2, 0.25) is 0 Å². The predicted molar refractivity (Wildman–Crippen MR) is 86.4 cm³/mol. The minimum absolute atomic E-state index is 0.195. The van der Waals surface area contributed by atoms with Gasteiger partial charge in [0, 0.05) is 6.07 Å². The van der Waals surface area contributed by atoms with Crippen LogP contribution in [-0.4, -0.2) is 22.4 Å². The SMILES string of the molecule is CCOC(=O)c1ccc[n+](N)c1N.O=[N+]([O-])c1ccc([O-])c([N+](=O)[O-])c1. The van der Waals surface area contributed by atoms with E-state index in [1.54, 1.807) is 25.3 Å². The fourth-order valence-corrected chi connectivity index (χ4v) is 1.68. The Morgan fingerprint density at radius 3 is 2.42 bits per heavy atom. The van der Waals surface area contributed by atoms with Crippen molar-refractivity contribution in [3.05, 3.63) is 62.3 Å². The Balaban J connectivity index is 0.000000260. The van der Waals surface area contributed by atoms with E-state index in [-0.39, 0.29) is 11.4 Å². The van der Waals surface area contributed by atoms with Gasteiger partial charge >= 0.3 is 11.8 Å². The Labute approximate surface area is 146 Å². The number of nitrogens with zero attached hydrogens (tertiary/aromatic N) is 3. The zero-order chi connectivity index (χ0) is 19.9. The van der Waals surface area contributed by atoms with Gasteiger partial charge in [0.15, 0.2) is 5.56 Å². The average molecular weight is 365 g/mol. The zero-order valence-electron chi connectivity index (χ0n) is 13.5. The minimum Gasteiger partial charge on any atom is -0.868 e. The van der Waals surface area contributed by atoms with Gasteiger partial charge in [-0.3, -0.25) is 31.8 Å². The summed E-state index contributed by atoms with van der Waals surface area (Å²) in [6.45, 7) is 2.05. The summed E-state index contributed by atoms with van der Waals surface area (Å²) in [5.41, 5.74) is 4.59. The quantitative estimate of drug-likeness (QED) is 0.247. The number of nitrogen functional groups attached to an aromatic ring is 2. The summed E-state index contributed by atoms with van der Waals surface area (Å²) >= 11 is 0. The smallest absolute Gasteiger partial charge is 0.346 e. The maximum absolute atomic E-state index is 11.2. The number of benzene rings is 1. The molecule has 1 heterocycles. The first-order chi connectivity index (χ1) is 12.2. The number of nitro benzene ring substituents is 2. The maximum Gasteiger partial charge on any atom is 0.346 e. The fourth-order valence-electron chi connectivity index (χ4n) is 1.68. The second-order valence-electron chi connectivity index (χ2n) is 4.60. The van der Waals surface area contributed by atoms with Gasteiger partial charge in [-0.2, -0.15) is 0 Å². The van der Waals surface area contributed by atoms with E-state index in [2.05, 4.69) is 0 Å². The summed E-state index contributed by atoms with van der Waals surface area (Å²) in [7, 11) is 0. The molecule has 0 aliphatic heterocycles. The lowest BCUT2D eigenvalue weighted by molar-refractivity contribution is -0.623. The normalized spacial score (nSPS) is 9.58. The molecule has 12 heteroatoms. The van der Waals surface area contributed by atoms with Crippen molar-refractivity contribution < 1.29 is 29.2 Å². The topological polar surface area (TPSA) is 192 Å². The molecule has 12 nitrogen and oxygen atoms in total. The number of pyridine rings is 1. The summed E-state index contributed by atoms with van der Waals surface area (Å²) in [4.78, 5) is 29.8. The lowest BCUT2D eigenvalue weighted by Gasteiger charge is -2.03. The molecule has 0 atom stereocenters. The van der Waals surface area contributed by atoms with Crippen LogP contribution < -0.4 is 21.4 Å². The Morgan fingerprint density at radius 1 is 1.23 bits per heavy atom. The number of rotatable bonds is 4. The zero-order valence-corrected chi connectivity index (χ0v) is 13.5. The van der Waals surface area contributed by atoms with E-state index in [0.29, 0.717) is 12.7 Å². The number of non-ortho nitro benzene ring substituents is 1. The van der Waals surface area contributed by atoms with Crippen molar-refractivity contribution in [1.82, 2.24) is 0 Å². The van der Waals surface area contributed by atoms with Crippen LogP contribution in [0.5, 0.6) is 5.75 Å². The fraction of sp³-hybridized carbons (Fsp3) is 0.143. The standard InChI is InChI=1S/C8H11N3O2.C6H4N2O5/c1-2-13-8(12)6-4-3-5-11(10)7(6)9;9-6-2-1-4(7(10)11)3-5(6)8(12)13/h3-5,9H,2,10H2,1H3;1-3,9H. The highest BCUT2D eigenvalue weighted by Gasteiger charge is 2.17. The van der Waals surface area contributed by atoms with Crippen LogP contribution in [0.4, 0.5) is 17.2 Å². The van der Waals surface area contributed by atoms with E-state index in [1.165, 1.54) is 4.68 Å². The molecule has 0 unspecified atom stereocenters. The van der Waals surface area contributed by atoms with E-state index in [0.717, 1.165) is 12.1 Å². The number of anilines is 1. The van der Waals surface area contributed by atoms with Gasteiger partial charge in [-0.05, 0) is 24.8 Å². The monoisotopic (exact) mass is 365 g/mol. The van der Waals surface area contributed by atoms with Gasteiger partial charge in [0.1, 0.15) is 6.20 Å². The molecule has 0 saturated heterocycles. The number of nitrogens with two attached hydrogens (primary N) is 2. The van der Waals surface area contributed by atoms with E-state index in [4.69, 9.17) is 16.3 Å². The molecule has 138 valence electrons. The number of carbonyl (C=O) groups excluding carboxylic acids is 1. The molecule has 0 aliphatic carbocycles. The highest BCUT2D eigenvalue weighted by Crippen LogP contribution is 2.27. The van der Waals surface area contributed by atoms with E-state index >= 15 is 0 Å². The van der Waals surface area contributed by atoms with E-state index < -0.39 is 32.9 Å². The van der Waals surface area contributed by atoms with E-state index in [1.807, 2.05) is 0 Å². The van der Waals surface area contributed by atoms with Gasteiger partial charge in [-0.25, -0.2) is 4.79 Å². The van der Waals surface area contributed by atoms with Gasteiger partial charge in [0.05, 0.1) is 22.5 Å². The number of aromatic nitrogens is 1. The first-order valence-corrected chi connectivity index (χ1v) is 7.01. The Bertz CT molecular complexity index is 840. The molecular formula is C14H15N5O7. The van der Waals surface area contributed by atoms with Crippen molar-refractivity contribution in [2.45, 2.75) is 6.92 Å². The van der Waals surface area contributed by atoms with Gasteiger partial charge in [-0.15, -0.1) is 4.68 Å². The van der Waals surface area contributed by atoms with Gasteiger partial charge in [0.2, 0.25) is 0 Å². The molecular weight excluding hydrogens is 350 g/mol. The largest absolute Gasteiger partial charge is 0.868 e. The Kier molecular flexibility index (Phi) is 6.77. The maximum atomic E-state index is 11.2. The predicted octanol–water partition coefficient (Wildman–Crippen LogP) is 0.0234. The summed E-state index contributed by atoms with van der Waals surface area (Å²) in [5.74, 6) is 4.34. The lowest BCUT2D eigenvalue weighted by Crippen LogP contribution is -2.47. The summed E-state index contributed by atoms with van der Waals surface area (Å²) < 4.78 is 5.95. The molecule has 0 saturated carbocycles. The van der Waals surface area contributed by atoms with Gasteiger partial charge in [-0.1, -0.05) is 6.07 Å². The Hall–Kier alpha value is -3.96. The third-order valence-corrected chi connectivity index (χ3v) is 2.91. The number of esters is 1. The molecule has 4 N–H and O–H groups in total. The van der Waals surface area contributed by atoms with Gasteiger partial charge < -0.3 is 9.84 Å². The first-order valence-electron chi connectivity index (χ1n) is 7.01. The molecule has 26 heavy (non-hydrogen) atoms. The summed E-state index contributed by atoms with van der Waals surface area (Å²) in [6.07, 6.45) is 1.55. The van der Waals surface area contributed by atoms with Crippen molar-refractivity contribution in [3.8, 4) is 5.75 Å². The third-order valence-electron chi connectivity index (χ3n) is 2.91. The van der Waals surface area contributed by atoms with Crippen LogP contribution in [-0.2, 0) is 4.74 Å². The van der Waals surface area contributed by atoms with Crippen molar-refractivity contribution in [2.24, 2.45) is 0 Å². The molecule has 0 radical (unpaired) electrons. The van der Waals surface area contributed by atoms with Crippen molar-refractivity contribution in [1.29, 1.82) is 0 Å². The second kappa shape index (κ2) is 8.77.